The van der Waals surface area contributed by atoms with Gasteiger partial charge in [-0.2, -0.15) is 0 Å². The molecule has 2 aromatic carbocycles. The van der Waals surface area contributed by atoms with Crippen molar-refractivity contribution in [2.45, 2.75) is 58.8 Å². The van der Waals surface area contributed by atoms with Gasteiger partial charge in [-0.05, 0) is 90.7 Å². The Bertz CT molecular complexity index is 988. The number of piperidine rings is 1. The Balaban J connectivity index is 1.70. The molecule has 1 amide bonds. The van der Waals surface area contributed by atoms with Gasteiger partial charge in [-0.1, -0.05) is 45.0 Å². The van der Waals surface area contributed by atoms with Crippen molar-refractivity contribution in [2.75, 3.05) is 31.6 Å². The van der Waals surface area contributed by atoms with Crippen LogP contribution in [0.25, 0.3) is 0 Å². The van der Waals surface area contributed by atoms with Crippen molar-refractivity contribution >= 4 is 40.0 Å². The van der Waals surface area contributed by atoms with E-state index in [2.05, 4.69) is 66.5 Å². The Morgan fingerprint density at radius 1 is 1.18 bits per heavy atom. The highest BCUT2D eigenvalue weighted by atomic mass is 127. The Morgan fingerprint density at radius 2 is 1.88 bits per heavy atom. The average Bonchev–Trinajstić information content (AvgIpc) is 2.81. The van der Waals surface area contributed by atoms with E-state index < -0.39 is 0 Å². The maximum absolute atomic E-state index is 12.6. The van der Waals surface area contributed by atoms with Gasteiger partial charge in [0.2, 0.25) is 5.91 Å². The molecule has 3 rings (SSSR count). The van der Waals surface area contributed by atoms with E-state index in [-0.39, 0.29) is 17.1 Å². The summed E-state index contributed by atoms with van der Waals surface area (Å²) in [4.78, 5) is 29.2. The predicted molar refractivity (Wildman–Crippen MR) is 145 cm³/mol. The van der Waals surface area contributed by atoms with Gasteiger partial charge in [-0.15, -0.1) is 0 Å². The molecule has 1 heterocycles. The lowest BCUT2D eigenvalue weighted by Crippen LogP contribution is -2.49. The minimum atomic E-state index is 0.00850. The topological polar surface area (TPSA) is 40.6 Å². The zero-order valence-corrected chi connectivity index (χ0v) is 22.8. The Morgan fingerprint density at radius 3 is 2.55 bits per heavy atom. The third kappa shape index (κ3) is 5.86. The normalized spacial score (nSPS) is 21.1. The highest BCUT2D eigenvalue weighted by Gasteiger charge is 2.39. The first-order valence-electron chi connectivity index (χ1n) is 12.0. The van der Waals surface area contributed by atoms with Crippen molar-refractivity contribution in [3.63, 3.8) is 0 Å². The number of benzene rings is 2. The first-order chi connectivity index (χ1) is 15.7. The minimum absolute atomic E-state index is 0.00850. The van der Waals surface area contributed by atoms with Crippen LogP contribution in [0.2, 0.25) is 0 Å². The van der Waals surface area contributed by atoms with E-state index in [4.69, 9.17) is 0 Å². The number of carbonyl (C=O) groups is 2. The second-order valence-electron chi connectivity index (χ2n) is 9.67. The molecule has 2 aromatic rings. The molecule has 33 heavy (non-hydrogen) atoms. The van der Waals surface area contributed by atoms with Crippen LogP contribution in [0.1, 0.15) is 67.9 Å². The van der Waals surface area contributed by atoms with Crippen molar-refractivity contribution in [3.05, 3.63) is 62.7 Å². The van der Waals surface area contributed by atoms with E-state index in [0.717, 1.165) is 47.3 Å². The zero-order valence-electron chi connectivity index (χ0n) is 20.7. The summed E-state index contributed by atoms with van der Waals surface area (Å²) in [5.74, 6) is 0.909. The second kappa shape index (κ2) is 11.1. The lowest BCUT2D eigenvalue weighted by Gasteiger charge is -2.46. The van der Waals surface area contributed by atoms with Gasteiger partial charge in [0.05, 0.1) is 0 Å². The van der Waals surface area contributed by atoms with E-state index >= 15 is 0 Å². The van der Waals surface area contributed by atoms with E-state index in [1.165, 1.54) is 11.1 Å². The van der Waals surface area contributed by atoms with Gasteiger partial charge in [-0.3, -0.25) is 9.59 Å². The lowest BCUT2D eigenvalue weighted by molar-refractivity contribution is -0.118. The summed E-state index contributed by atoms with van der Waals surface area (Å²) in [6.45, 7) is 11.8. The number of rotatable bonds is 8. The first-order valence-corrected chi connectivity index (χ1v) is 13.1. The molecule has 4 nitrogen and oxygen atoms in total. The van der Waals surface area contributed by atoms with Crippen molar-refractivity contribution < 1.29 is 9.59 Å². The monoisotopic (exact) mass is 560 g/mol. The highest BCUT2D eigenvalue weighted by molar-refractivity contribution is 14.1. The van der Waals surface area contributed by atoms with Gasteiger partial charge in [0.15, 0.2) is 5.78 Å². The number of likely N-dealkylation sites (tertiary alicyclic amines) is 1. The molecule has 1 aliphatic rings. The zero-order chi connectivity index (χ0) is 24.2. The summed E-state index contributed by atoms with van der Waals surface area (Å²) in [6, 6.07) is 14.2. The van der Waals surface area contributed by atoms with Crippen LogP contribution in [0.3, 0.4) is 0 Å². The van der Waals surface area contributed by atoms with Gasteiger partial charge in [0, 0.05) is 46.7 Å². The van der Waals surface area contributed by atoms with E-state index in [0.29, 0.717) is 18.8 Å². The van der Waals surface area contributed by atoms with Crippen molar-refractivity contribution in [1.82, 2.24) is 4.90 Å². The van der Waals surface area contributed by atoms with Crippen molar-refractivity contribution in [3.8, 4) is 0 Å². The summed E-state index contributed by atoms with van der Waals surface area (Å²) >= 11 is 2.26. The molecular weight excluding hydrogens is 523 g/mol. The highest BCUT2D eigenvalue weighted by Crippen LogP contribution is 2.42. The molecule has 1 saturated heterocycles. The Kier molecular flexibility index (Phi) is 8.73. The summed E-state index contributed by atoms with van der Waals surface area (Å²) < 4.78 is 1.15. The third-order valence-electron chi connectivity index (χ3n) is 7.52. The SMILES string of the molecule is CCC(=O)N(C)c1cccc(C2(C)CN(CCCC(=O)c3ccc(I)cc3)CCC2C)c1C. The molecular formula is C28H37IN2O2. The van der Waals surface area contributed by atoms with Crippen LogP contribution in [0.5, 0.6) is 0 Å². The van der Waals surface area contributed by atoms with Crippen LogP contribution in [0.15, 0.2) is 42.5 Å². The maximum atomic E-state index is 12.6. The molecule has 0 N–H and O–H groups in total. The molecule has 0 aliphatic carbocycles. The van der Waals surface area contributed by atoms with Crippen LogP contribution in [0, 0.1) is 16.4 Å². The third-order valence-corrected chi connectivity index (χ3v) is 8.24. The van der Waals surface area contributed by atoms with Crippen LogP contribution >= 0.6 is 22.6 Å². The number of hydrogen-bond donors (Lipinski definition) is 0. The fourth-order valence-corrected chi connectivity index (χ4v) is 5.52. The summed E-state index contributed by atoms with van der Waals surface area (Å²) in [5.41, 5.74) is 4.36. The van der Waals surface area contributed by atoms with Gasteiger partial charge in [0.25, 0.3) is 0 Å². The van der Waals surface area contributed by atoms with Crippen LogP contribution in [-0.4, -0.2) is 43.3 Å². The van der Waals surface area contributed by atoms with Crippen molar-refractivity contribution in [2.24, 2.45) is 5.92 Å². The summed E-state index contributed by atoms with van der Waals surface area (Å²) in [6.07, 6.45) is 3.10. The molecule has 2 unspecified atom stereocenters. The molecule has 1 aliphatic heterocycles. The van der Waals surface area contributed by atoms with Gasteiger partial charge < -0.3 is 9.80 Å². The number of amides is 1. The molecule has 2 atom stereocenters. The molecule has 178 valence electrons. The smallest absolute Gasteiger partial charge is 0.226 e. The van der Waals surface area contributed by atoms with E-state index in [1.54, 1.807) is 4.90 Å². The fourth-order valence-electron chi connectivity index (χ4n) is 5.16. The molecule has 5 heteroatoms. The Hall–Kier alpha value is -1.73. The largest absolute Gasteiger partial charge is 0.315 e. The van der Waals surface area contributed by atoms with Gasteiger partial charge in [0.1, 0.15) is 0 Å². The number of nitrogens with zero attached hydrogens (tertiary/aromatic N) is 2. The van der Waals surface area contributed by atoms with Crippen molar-refractivity contribution in [1.29, 1.82) is 0 Å². The van der Waals surface area contributed by atoms with Crippen LogP contribution in [0.4, 0.5) is 5.69 Å². The number of halogens is 1. The van der Waals surface area contributed by atoms with Crippen LogP contribution in [-0.2, 0) is 10.2 Å². The molecule has 0 radical (unpaired) electrons. The van der Waals surface area contributed by atoms with Gasteiger partial charge in [-0.25, -0.2) is 0 Å². The lowest BCUT2D eigenvalue weighted by atomic mass is 9.67. The predicted octanol–water partition coefficient (Wildman–Crippen LogP) is 6.24. The molecule has 0 bridgehead atoms. The first kappa shape index (κ1) is 25.9. The quantitative estimate of drug-likeness (QED) is 0.284. The summed E-state index contributed by atoms with van der Waals surface area (Å²) in [7, 11) is 1.88. The molecule has 0 saturated carbocycles. The van der Waals surface area contributed by atoms with E-state index in [1.807, 2.05) is 38.2 Å². The molecule has 0 spiro atoms. The number of carbonyl (C=O) groups excluding carboxylic acids is 2. The number of ketones is 1. The van der Waals surface area contributed by atoms with E-state index in [9.17, 15) is 9.59 Å². The molecule has 1 fully saturated rings. The average molecular weight is 561 g/mol. The van der Waals surface area contributed by atoms with Crippen LogP contribution < -0.4 is 4.90 Å². The minimum Gasteiger partial charge on any atom is -0.315 e. The number of hydrogen-bond acceptors (Lipinski definition) is 3. The number of Topliss-reactive ketones (excluding diaryl/α,β-unsaturated/α-hetero) is 1. The summed E-state index contributed by atoms with van der Waals surface area (Å²) in [5, 5.41) is 0. The fraction of sp³-hybridized carbons (Fsp3) is 0.500. The maximum Gasteiger partial charge on any atom is 0.226 e. The standard InChI is InChI=1S/C28H37IN2O2/c1-6-27(33)30(5)25-10-7-9-24(21(25)3)28(4)19-31(18-16-20(28)2)17-8-11-26(32)22-12-14-23(29)15-13-22/h7,9-10,12-15,20H,6,8,11,16-19H2,1-5H3. The second-order valence-corrected chi connectivity index (χ2v) is 10.9. The van der Waals surface area contributed by atoms with Gasteiger partial charge >= 0.3 is 0 Å². The molecule has 0 aromatic heterocycles. The Labute approximate surface area is 212 Å². The number of anilines is 1.